The second kappa shape index (κ2) is 9.91. The topological polar surface area (TPSA) is 79.0 Å². The molecule has 0 radical (unpaired) electrons. The van der Waals surface area contributed by atoms with Gasteiger partial charge in [0.25, 0.3) is 5.91 Å². The van der Waals surface area contributed by atoms with Crippen molar-refractivity contribution in [1.82, 2.24) is 9.21 Å². The first-order valence-electron chi connectivity index (χ1n) is 9.85. The number of carbonyl (C=O) groups excluding carboxylic acids is 1. The van der Waals surface area contributed by atoms with Crippen molar-refractivity contribution in [3.05, 3.63) is 53.0 Å². The summed E-state index contributed by atoms with van der Waals surface area (Å²) in [4.78, 5) is 14.9. The van der Waals surface area contributed by atoms with E-state index in [1.807, 2.05) is 12.1 Å². The fourth-order valence-electron chi connectivity index (χ4n) is 3.18. The van der Waals surface area contributed by atoms with Gasteiger partial charge in [-0.3, -0.25) is 4.79 Å². The number of rotatable bonds is 7. The first kappa shape index (κ1) is 22.7. The van der Waals surface area contributed by atoms with Gasteiger partial charge in [0.2, 0.25) is 10.0 Å². The number of piperazine rings is 1. The van der Waals surface area contributed by atoms with Gasteiger partial charge in [-0.1, -0.05) is 28.9 Å². The van der Waals surface area contributed by atoms with Gasteiger partial charge in [0, 0.05) is 36.3 Å². The summed E-state index contributed by atoms with van der Waals surface area (Å²) in [5, 5.41) is 2.74. The molecule has 1 aliphatic rings. The molecule has 9 heteroatoms. The number of hydrogen-bond donors (Lipinski definition) is 1. The van der Waals surface area contributed by atoms with E-state index in [-0.39, 0.29) is 10.8 Å². The van der Waals surface area contributed by atoms with Crippen molar-refractivity contribution in [3.8, 4) is 5.75 Å². The van der Waals surface area contributed by atoms with E-state index in [9.17, 15) is 13.2 Å². The van der Waals surface area contributed by atoms with Crippen molar-refractivity contribution in [2.45, 2.75) is 24.8 Å². The van der Waals surface area contributed by atoms with Gasteiger partial charge >= 0.3 is 0 Å². The maximum Gasteiger partial charge on any atom is 0.265 e. The van der Waals surface area contributed by atoms with Crippen LogP contribution in [0, 0.1) is 0 Å². The van der Waals surface area contributed by atoms with Gasteiger partial charge in [-0.05, 0) is 55.9 Å². The van der Waals surface area contributed by atoms with Crippen molar-refractivity contribution < 1.29 is 17.9 Å². The number of nitrogens with zero attached hydrogens (tertiary/aromatic N) is 2. The third kappa shape index (κ3) is 5.60. The van der Waals surface area contributed by atoms with Crippen molar-refractivity contribution in [3.63, 3.8) is 0 Å². The second-order valence-corrected chi connectivity index (χ2v) is 9.92. The zero-order chi connectivity index (χ0) is 21.7. The normalized spacial score (nSPS) is 16.8. The third-order valence-electron chi connectivity index (χ3n) is 5.01. The van der Waals surface area contributed by atoms with Gasteiger partial charge in [-0.2, -0.15) is 4.31 Å². The lowest BCUT2D eigenvalue weighted by Gasteiger charge is -2.33. The molecule has 3 rings (SSSR count). The van der Waals surface area contributed by atoms with Crippen LogP contribution in [0.4, 0.5) is 5.69 Å². The Morgan fingerprint density at radius 3 is 2.43 bits per heavy atom. The highest BCUT2D eigenvalue weighted by atomic mass is 79.9. The molecule has 2 aromatic rings. The number of amides is 1. The number of anilines is 1. The summed E-state index contributed by atoms with van der Waals surface area (Å²) < 4.78 is 34.0. The lowest BCUT2D eigenvalue weighted by Crippen LogP contribution is -2.48. The van der Waals surface area contributed by atoms with E-state index in [1.54, 1.807) is 37.3 Å². The number of carbonyl (C=O) groups is 1. The first-order valence-corrected chi connectivity index (χ1v) is 12.1. The summed E-state index contributed by atoms with van der Waals surface area (Å²) in [6.07, 6.45) is -0.742. The molecule has 0 spiro atoms. The minimum atomic E-state index is -3.61. The largest absolute Gasteiger partial charge is 0.481 e. The molecule has 1 aliphatic heterocycles. The number of sulfonamides is 1. The summed E-state index contributed by atoms with van der Waals surface area (Å²) in [6, 6.07) is 13.5. The number of halogens is 1. The van der Waals surface area contributed by atoms with Crippen LogP contribution in [-0.2, 0) is 14.8 Å². The Bertz CT molecular complexity index is 974. The smallest absolute Gasteiger partial charge is 0.265 e. The van der Waals surface area contributed by atoms with Crippen LogP contribution in [0.5, 0.6) is 5.75 Å². The van der Waals surface area contributed by atoms with Crippen LogP contribution in [0.15, 0.2) is 57.9 Å². The molecular weight excluding hydrogens is 470 g/mol. The molecule has 0 aliphatic carbocycles. The summed E-state index contributed by atoms with van der Waals surface area (Å²) in [7, 11) is -3.61. The number of likely N-dealkylation sites (N-methyl/N-ethyl adjacent to an activating group) is 1. The molecule has 1 fully saturated rings. The van der Waals surface area contributed by atoms with E-state index < -0.39 is 16.1 Å². The van der Waals surface area contributed by atoms with Gasteiger partial charge in [0.1, 0.15) is 5.75 Å². The van der Waals surface area contributed by atoms with E-state index in [0.29, 0.717) is 24.5 Å². The molecule has 1 amide bonds. The van der Waals surface area contributed by atoms with Gasteiger partial charge < -0.3 is 15.0 Å². The number of nitrogens with one attached hydrogen (secondary N) is 1. The Morgan fingerprint density at radius 1 is 1.13 bits per heavy atom. The maximum absolute atomic E-state index is 13.0. The van der Waals surface area contributed by atoms with Crippen molar-refractivity contribution in [2.24, 2.45) is 0 Å². The third-order valence-corrected chi connectivity index (χ3v) is 7.44. The van der Waals surface area contributed by atoms with Crippen LogP contribution in [-0.4, -0.2) is 62.4 Å². The Morgan fingerprint density at radius 2 is 1.80 bits per heavy atom. The Hall–Kier alpha value is -1.94. The van der Waals surface area contributed by atoms with Crippen LogP contribution in [0.1, 0.15) is 13.8 Å². The quantitative estimate of drug-likeness (QED) is 0.637. The minimum absolute atomic E-state index is 0.173. The Kier molecular flexibility index (Phi) is 7.51. The summed E-state index contributed by atoms with van der Waals surface area (Å²) in [5.74, 6) is 0.215. The van der Waals surface area contributed by atoms with E-state index in [2.05, 4.69) is 33.1 Å². The van der Waals surface area contributed by atoms with Crippen LogP contribution < -0.4 is 10.1 Å². The molecule has 1 heterocycles. The molecule has 1 atom stereocenters. The molecule has 30 heavy (non-hydrogen) atoms. The minimum Gasteiger partial charge on any atom is -0.481 e. The monoisotopic (exact) mass is 495 g/mol. The summed E-state index contributed by atoms with van der Waals surface area (Å²) in [5.41, 5.74) is 0.416. The number of benzene rings is 2. The van der Waals surface area contributed by atoms with Crippen LogP contribution >= 0.6 is 15.9 Å². The fourth-order valence-corrected chi connectivity index (χ4v) is 4.92. The Labute approximate surface area is 186 Å². The molecule has 0 bridgehead atoms. The molecule has 1 saturated heterocycles. The number of ether oxygens (including phenoxy) is 1. The van der Waals surface area contributed by atoms with Crippen molar-refractivity contribution in [2.75, 3.05) is 38.0 Å². The summed E-state index contributed by atoms with van der Waals surface area (Å²) >= 11 is 3.35. The molecule has 0 aromatic heterocycles. The molecule has 162 valence electrons. The molecule has 7 nitrogen and oxygen atoms in total. The predicted molar refractivity (Wildman–Crippen MR) is 120 cm³/mol. The highest BCUT2D eigenvalue weighted by Gasteiger charge is 2.28. The highest BCUT2D eigenvalue weighted by molar-refractivity contribution is 9.10. The molecule has 0 unspecified atom stereocenters. The van der Waals surface area contributed by atoms with E-state index in [0.717, 1.165) is 24.1 Å². The van der Waals surface area contributed by atoms with Crippen molar-refractivity contribution >= 4 is 37.5 Å². The standard InChI is InChI=1S/C21H26BrN3O4S/c1-3-24-11-13-25(14-12-24)30(27,28)20-6-4-5-18(15-20)23-21(26)16(2)29-19-9-7-17(22)8-10-19/h4-10,15-16H,3,11-14H2,1-2H3,(H,23,26)/t16-/m1/s1. The molecule has 0 saturated carbocycles. The average molecular weight is 496 g/mol. The SMILES string of the molecule is CCN1CCN(S(=O)(=O)c2cccc(NC(=O)[C@@H](C)Oc3ccc(Br)cc3)c2)CC1. The summed E-state index contributed by atoms with van der Waals surface area (Å²) in [6.45, 7) is 6.99. The number of hydrogen-bond acceptors (Lipinski definition) is 5. The lowest BCUT2D eigenvalue weighted by molar-refractivity contribution is -0.122. The van der Waals surface area contributed by atoms with Gasteiger partial charge in [-0.15, -0.1) is 0 Å². The zero-order valence-corrected chi connectivity index (χ0v) is 19.4. The highest BCUT2D eigenvalue weighted by Crippen LogP contribution is 2.22. The van der Waals surface area contributed by atoms with Crippen LogP contribution in [0.3, 0.4) is 0 Å². The van der Waals surface area contributed by atoms with Crippen LogP contribution in [0.25, 0.3) is 0 Å². The van der Waals surface area contributed by atoms with Gasteiger partial charge in [0.05, 0.1) is 4.90 Å². The maximum atomic E-state index is 13.0. The first-order chi connectivity index (χ1) is 14.3. The lowest BCUT2D eigenvalue weighted by atomic mass is 10.3. The van der Waals surface area contributed by atoms with Crippen molar-refractivity contribution in [1.29, 1.82) is 0 Å². The second-order valence-electron chi connectivity index (χ2n) is 7.07. The van der Waals surface area contributed by atoms with E-state index in [1.165, 1.54) is 10.4 Å². The van der Waals surface area contributed by atoms with Gasteiger partial charge in [-0.25, -0.2) is 8.42 Å². The molecule has 2 aromatic carbocycles. The average Bonchev–Trinajstić information content (AvgIpc) is 2.75. The molecular formula is C21H26BrN3O4S. The fraction of sp³-hybridized carbons (Fsp3) is 0.381. The zero-order valence-electron chi connectivity index (χ0n) is 17.0. The predicted octanol–water partition coefficient (Wildman–Crippen LogP) is 3.18. The van der Waals surface area contributed by atoms with E-state index >= 15 is 0 Å². The Balaban J connectivity index is 1.66. The molecule has 1 N–H and O–H groups in total. The van der Waals surface area contributed by atoms with Gasteiger partial charge in [0.15, 0.2) is 6.10 Å². The van der Waals surface area contributed by atoms with Crippen LogP contribution in [0.2, 0.25) is 0 Å². The van der Waals surface area contributed by atoms with E-state index in [4.69, 9.17) is 4.74 Å².